The van der Waals surface area contributed by atoms with E-state index in [1.54, 1.807) is 16.2 Å². The zero-order valence-electron chi connectivity index (χ0n) is 15.2. The highest BCUT2D eigenvalue weighted by Gasteiger charge is 2.25. The standard InChI is InChI=1S/C21H23N3OS/c1-15-8-9-18-19(14-26-20(18)10-15)21(25)23(2)12-16-11-22-24(13-16)17-6-4-3-5-7-17/h3-7,11,13-15H,8-10,12H2,1-2H3. The van der Waals surface area contributed by atoms with Crippen molar-refractivity contribution in [3.05, 3.63) is 69.7 Å². The third-order valence-corrected chi connectivity index (χ3v) is 6.11. The zero-order valence-corrected chi connectivity index (χ0v) is 16.0. The number of hydrogen-bond donors (Lipinski definition) is 0. The molecule has 0 aliphatic heterocycles. The molecule has 0 saturated heterocycles. The summed E-state index contributed by atoms with van der Waals surface area (Å²) >= 11 is 1.75. The maximum Gasteiger partial charge on any atom is 0.255 e. The second kappa shape index (κ2) is 7.08. The van der Waals surface area contributed by atoms with E-state index in [9.17, 15) is 4.79 Å². The Balaban J connectivity index is 1.48. The molecule has 4 rings (SSSR count). The maximum atomic E-state index is 12.9. The molecule has 0 radical (unpaired) electrons. The minimum absolute atomic E-state index is 0.115. The minimum Gasteiger partial charge on any atom is -0.337 e. The summed E-state index contributed by atoms with van der Waals surface area (Å²) in [5.41, 5.74) is 4.23. The Kier molecular flexibility index (Phi) is 4.64. The van der Waals surface area contributed by atoms with Gasteiger partial charge in [0.05, 0.1) is 17.4 Å². The number of thiophene rings is 1. The number of nitrogens with zero attached hydrogens (tertiary/aromatic N) is 3. The van der Waals surface area contributed by atoms with Crippen LogP contribution in [-0.4, -0.2) is 27.6 Å². The number of fused-ring (bicyclic) bond motifs is 1. The first-order chi connectivity index (χ1) is 12.6. The number of amides is 1. The molecule has 1 aromatic carbocycles. The van der Waals surface area contributed by atoms with Crippen molar-refractivity contribution in [3.8, 4) is 5.69 Å². The Hall–Kier alpha value is -2.40. The van der Waals surface area contributed by atoms with Crippen molar-refractivity contribution in [2.45, 2.75) is 32.7 Å². The number of hydrogen-bond acceptors (Lipinski definition) is 3. The molecule has 0 fully saturated rings. The number of carbonyl (C=O) groups is 1. The first-order valence-corrected chi connectivity index (χ1v) is 9.93. The monoisotopic (exact) mass is 365 g/mol. The molecule has 1 aliphatic carbocycles. The van der Waals surface area contributed by atoms with E-state index in [4.69, 9.17) is 0 Å². The summed E-state index contributed by atoms with van der Waals surface area (Å²) in [6, 6.07) is 10.0. The summed E-state index contributed by atoms with van der Waals surface area (Å²) in [4.78, 5) is 16.1. The summed E-state index contributed by atoms with van der Waals surface area (Å²) in [7, 11) is 1.87. The maximum absolute atomic E-state index is 12.9. The number of carbonyl (C=O) groups excluding carboxylic acids is 1. The zero-order chi connectivity index (χ0) is 18.1. The molecule has 3 aromatic rings. The Bertz CT molecular complexity index is 912. The lowest BCUT2D eigenvalue weighted by molar-refractivity contribution is 0.0784. The fraction of sp³-hybridized carbons (Fsp3) is 0.333. The molecule has 2 aromatic heterocycles. The smallest absolute Gasteiger partial charge is 0.255 e. The molecule has 26 heavy (non-hydrogen) atoms. The van der Waals surface area contributed by atoms with Crippen LogP contribution in [0.15, 0.2) is 48.1 Å². The van der Waals surface area contributed by atoms with Crippen LogP contribution in [0.1, 0.15) is 39.7 Å². The van der Waals surface area contributed by atoms with Crippen LogP contribution in [0.4, 0.5) is 0 Å². The Labute approximate surface area is 158 Å². The van der Waals surface area contributed by atoms with Crippen molar-refractivity contribution in [1.29, 1.82) is 0 Å². The molecule has 2 heterocycles. The number of para-hydroxylation sites is 1. The third kappa shape index (κ3) is 3.31. The van der Waals surface area contributed by atoms with Gasteiger partial charge in [0, 0.05) is 35.6 Å². The average Bonchev–Trinajstić information content (AvgIpc) is 3.28. The fourth-order valence-corrected chi connectivity index (χ4v) is 4.81. The van der Waals surface area contributed by atoms with Gasteiger partial charge in [0.15, 0.2) is 0 Å². The van der Waals surface area contributed by atoms with Gasteiger partial charge in [-0.2, -0.15) is 5.10 Å². The highest BCUT2D eigenvalue weighted by Crippen LogP contribution is 2.33. The molecule has 5 heteroatoms. The van der Waals surface area contributed by atoms with E-state index < -0.39 is 0 Å². The van der Waals surface area contributed by atoms with E-state index >= 15 is 0 Å². The fourth-order valence-electron chi connectivity index (χ4n) is 3.57. The first kappa shape index (κ1) is 17.0. The van der Waals surface area contributed by atoms with Crippen LogP contribution < -0.4 is 0 Å². The van der Waals surface area contributed by atoms with Gasteiger partial charge in [-0.3, -0.25) is 4.79 Å². The molecule has 0 N–H and O–H groups in total. The van der Waals surface area contributed by atoms with Crippen LogP contribution in [0.2, 0.25) is 0 Å². The van der Waals surface area contributed by atoms with Crippen LogP contribution in [0.5, 0.6) is 0 Å². The summed E-state index contributed by atoms with van der Waals surface area (Å²) < 4.78 is 1.85. The molecule has 0 bridgehead atoms. The summed E-state index contributed by atoms with van der Waals surface area (Å²) in [6.45, 7) is 2.85. The van der Waals surface area contributed by atoms with E-state index in [1.807, 2.05) is 54.5 Å². The molecule has 1 amide bonds. The lowest BCUT2D eigenvalue weighted by Crippen LogP contribution is -2.27. The van der Waals surface area contributed by atoms with Crippen molar-refractivity contribution in [2.24, 2.45) is 5.92 Å². The minimum atomic E-state index is 0.115. The molecule has 1 unspecified atom stereocenters. The van der Waals surface area contributed by atoms with Gasteiger partial charge in [0.25, 0.3) is 5.91 Å². The van der Waals surface area contributed by atoms with Crippen molar-refractivity contribution in [3.63, 3.8) is 0 Å². The predicted octanol–water partition coefficient (Wildman–Crippen LogP) is 4.33. The van der Waals surface area contributed by atoms with Crippen molar-refractivity contribution in [2.75, 3.05) is 7.05 Å². The van der Waals surface area contributed by atoms with Gasteiger partial charge in [-0.05, 0) is 42.9 Å². The van der Waals surface area contributed by atoms with E-state index in [-0.39, 0.29) is 5.91 Å². The van der Waals surface area contributed by atoms with E-state index in [0.717, 1.165) is 35.6 Å². The van der Waals surface area contributed by atoms with Gasteiger partial charge in [0.2, 0.25) is 0 Å². The summed E-state index contributed by atoms with van der Waals surface area (Å²) in [5, 5.41) is 6.47. The Morgan fingerprint density at radius 1 is 1.35 bits per heavy atom. The van der Waals surface area contributed by atoms with E-state index in [1.165, 1.54) is 16.9 Å². The second-order valence-corrected chi connectivity index (χ2v) is 8.15. The van der Waals surface area contributed by atoms with Gasteiger partial charge < -0.3 is 4.90 Å². The van der Waals surface area contributed by atoms with Gasteiger partial charge in [-0.25, -0.2) is 4.68 Å². The largest absolute Gasteiger partial charge is 0.337 e. The summed E-state index contributed by atoms with van der Waals surface area (Å²) in [6.07, 6.45) is 7.14. The molecule has 0 spiro atoms. The van der Waals surface area contributed by atoms with E-state index in [0.29, 0.717) is 6.54 Å². The van der Waals surface area contributed by atoms with Gasteiger partial charge >= 0.3 is 0 Å². The third-order valence-electron chi connectivity index (χ3n) is 5.06. The van der Waals surface area contributed by atoms with Crippen LogP contribution >= 0.6 is 11.3 Å². The molecular formula is C21H23N3OS. The molecule has 4 nitrogen and oxygen atoms in total. The Morgan fingerprint density at radius 3 is 2.96 bits per heavy atom. The molecule has 1 atom stereocenters. The Morgan fingerprint density at radius 2 is 2.15 bits per heavy atom. The van der Waals surface area contributed by atoms with Gasteiger partial charge in [-0.15, -0.1) is 11.3 Å². The van der Waals surface area contributed by atoms with Crippen LogP contribution in [0.25, 0.3) is 5.69 Å². The van der Waals surface area contributed by atoms with E-state index in [2.05, 4.69) is 17.4 Å². The second-order valence-electron chi connectivity index (χ2n) is 7.19. The highest BCUT2D eigenvalue weighted by atomic mass is 32.1. The average molecular weight is 366 g/mol. The first-order valence-electron chi connectivity index (χ1n) is 9.05. The molecule has 0 saturated carbocycles. The quantitative estimate of drug-likeness (QED) is 0.690. The summed E-state index contributed by atoms with van der Waals surface area (Å²) in [5.74, 6) is 0.843. The molecule has 134 valence electrons. The number of rotatable bonds is 4. The van der Waals surface area contributed by atoms with Crippen molar-refractivity contribution < 1.29 is 4.79 Å². The molecule has 1 aliphatic rings. The van der Waals surface area contributed by atoms with Crippen LogP contribution in [0, 0.1) is 5.92 Å². The SMILES string of the molecule is CC1CCc2c(C(=O)N(C)Cc3cnn(-c4ccccc4)c3)csc2C1. The number of benzene rings is 1. The number of aromatic nitrogens is 2. The molecular weight excluding hydrogens is 342 g/mol. The van der Waals surface area contributed by atoms with Gasteiger partial charge in [-0.1, -0.05) is 25.1 Å². The van der Waals surface area contributed by atoms with Crippen LogP contribution in [-0.2, 0) is 19.4 Å². The van der Waals surface area contributed by atoms with Crippen LogP contribution in [0.3, 0.4) is 0 Å². The normalized spacial score (nSPS) is 16.3. The lowest BCUT2D eigenvalue weighted by Gasteiger charge is -2.21. The lowest BCUT2D eigenvalue weighted by atomic mass is 9.88. The van der Waals surface area contributed by atoms with Gasteiger partial charge in [0.1, 0.15) is 0 Å². The van der Waals surface area contributed by atoms with Crippen molar-refractivity contribution >= 4 is 17.2 Å². The highest BCUT2D eigenvalue weighted by molar-refractivity contribution is 7.10. The topological polar surface area (TPSA) is 38.1 Å². The predicted molar refractivity (Wildman–Crippen MR) is 105 cm³/mol. The van der Waals surface area contributed by atoms with Crippen molar-refractivity contribution in [1.82, 2.24) is 14.7 Å².